The van der Waals surface area contributed by atoms with Gasteiger partial charge in [0.1, 0.15) is 5.82 Å². The zero-order valence-corrected chi connectivity index (χ0v) is 15.0. The summed E-state index contributed by atoms with van der Waals surface area (Å²) in [4.78, 5) is 22.7. The van der Waals surface area contributed by atoms with Crippen molar-refractivity contribution in [3.63, 3.8) is 0 Å². The molecule has 2 N–H and O–H groups in total. The van der Waals surface area contributed by atoms with Gasteiger partial charge in [0.05, 0.1) is 11.0 Å². The molecule has 4 rings (SSSR count). The van der Waals surface area contributed by atoms with Crippen molar-refractivity contribution in [3.8, 4) is 0 Å². The summed E-state index contributed by atoms with van der Waals surface area (Å²) in [6.45, 7) is 4.15. The highest BCUT2D eigenvalue weighted by molar-refractivity contribution is 5.76. The number of carbonyl (C=O) groups is 1. The van der Waals surface area contributed by atoms with Crippen molar-refractivity contribution in [2.45, 2.75) is 32.2 Å². The lowest BCUT2D eigenvalue weighted by Crippen LogP contribution is -2.44. The second-order valence-corrected chi connectivity index (χ2v) is 7.07. The van der Waals surface area contributed by atoms with Gasteiger partial charge in [-0.3, -0.25) is 0 Å². The molecule has 1 saturated heterocycles. The number of urea groups is 1. The number of aromatic amines is 1. The van der Waals surface area contributed by atoms with Crippen LogP contribution in [0.25, 0.3) is 11.0 Å². The fourth-order valence-electron chi connectivity index (χ4n) is 3.61. The molecule has 1 aromatic heterocycles. The molecule has 2 aromatic carbocycles. The Balaban J connectivity index is 1.42. The van der Waals surface area contributed by atoms with Crippen molar-refractivity contribution in [2.75, 3.05) is 13.1 Å². The summed E-state index contributed by atoms with van der Waals surface area (Å²) >= 11 is 0. The minimum Gasteiger partial charge on any atom is -0.342 e. The highest BCUT2D eigenvalue weighted by Crippen LogP contribution is 2.27. The molecule has 0 radical (unpaired) electrons. The van der Waals surface area contributed by atoms with Gasteiger partial charge in [0, 0.05) is 25.6 Å². The average Bonchev–Trinajstić information content (AvgIpc) is 3.10. The van der Waals surface area contributed by atoms with Crippen LogP contribution in [0.15, 0.2) is 48.5 Å². The number of amides is 2. The molecule has 0 spiro atoms. The van der Waals surface area contributed by atoms with Gasteiger partial charge in [-0.15, -0.1) is 0 Å². The van der Waals surface area contributed by atoms with Crippen molar-refractivity contribution in [2.24, 2.45) is 0 Å². The number of carbonyl (C=O) groups excluding carboxylic acids is 1. The number of hydrogen-bond acceptors (Lipinski definition) is 2. The molecule has 1 aliphatic heterocycles. The minimum absolute atomic E-state index is 0.00510. The number of nitrogens with zero attached hydrogens (tertiary/aromatic N) is 2. The molecule has 1 atom stereocenters. The van der Waals surface area contributed by atoms with Gasteiger partial charge in [0.25, 0.3) is 0 Å². The first-order chi connectivity index (χ1) is 12.7. The van der Waals surface area contributed by atoms with E-state index in [9.17, 15) is 4.79 Å². The fraction of sp³-hybridized carbons (Fsp3) is 0.333. The number of imidazole rings is 1. The van der Waals surface area contributed by atoms with E-state index >= 15 is 0 Å². The van der Waals surface area contributed by atoms with E-state index < -0.39 is 0 Å². The number of aromatic nitrogens is 2. The summed E-state index contributed by atoms with van der Waals surface area (Å²) in [5.41, 5.74) is 4.40. The average molecular weight is 348 g/mol. The molecule has 1 aliphatic rings. The van der Waals surface area contributed by atoms with Gasteiger partial charge >= 0.3 is 6.03 Å². The van der Waals surface area contributed by atoms with Crippen LogP contribution in [0, 0.1) is 6.92 Å². The maximum absolute atomic E-state index is 12.5. The Labute approximate surface area is 153 Å². The predicted octanol–water partition coefficient (Wildman–Crippen LogP) is 3.96. The first kappa shape index (κ1) is 16.6. The summed E-state index contributed by atoms with van der Waals surface area (Å²) in [6, 6.07) is 16.3. The topological polar surface area (TPSA) is 61.0 Å². The molecule has 2 amide bonds. The lowest BCUT2D eigenvalue weighted by Gasteiger charge is -2.31. The number of nitrogens with one attached hydrogen (secondary N) is 2. The van der Waals surface area contributed by atoms with E-state index in [0.29, 0.717) is 13.1 Å². The lowest BCUT2D eigenvalue weighted by atomic mass is 9.97. The molecule has 0 saturated carbocycles. The van der Waals surface area contributed by atoms with E-state index in [2.05, 4.69) is 35.4 Å². The van der Waals surface area contributed by atoms with Gasteiger partial charge in [-0.05, 0) is 43.0 Å². The molecule has 0 bridgehead atoms. The number of hydrogen-bond donors (Lipinski definition) is 2. The van der Waals surface area contributed by atoms with Crippen molar-refractivity contribution in [1.29, 1.82) is 0 Å². The monoisotopic (exact) mass is 348 g/mol. The summed E-state index contributed by atoms with van der Waals surface area (Å²) in [5, 5.41) is 3.03. The van der Waals surface area contributed by atoms with E-state index in [1.165, 1.54) is 5.56 Å². The van der Waals surface area contributed by atoms with E-state index in [1.807, 2.05) is 35.2 Å². The summed E-state index contributed by atoms with van der Waals surface area (Å²) in [6.07, 6.45) is 2.06. The third-order valence-corrected chi connectivity index (χ3v) is 5.04. The normalized spacial score (nSPS) is 17.4. The van der Waals surface area contributed by atoms with Crippen molar-refractivity contribution >= 4 is 17.1 Å². The lowest BCUT2D eigenvalue weighted by molar-refractivity contribution is 0.178. The van der Waals surface area contributed by atoms with Crippen LogP contribution < -0.4 is 5.32 Å². The number of benzene rings is 2. The Morgan fingerprint density at radius 3 is 2.96 bits per heavy atom. The second-order valence-electron chi connectivity index (χ2n) is 7.07. The Morgan fingerprint density at radius 2 is 2.12 bits per heavy atom. The number of H-pyrrole nitrogens is 1. The van der Waals surface area contributed by atoms with Crippen molar-refractivity contribution < 1.29 is 4.79 Å². The Morgan fingerprint density at radius 1 is 1.27 bits per heavy atom. The zero-order valence-electron chi connectivity index (χ0n) is 15.0. The summed E-state index contributed by atoms with van der Waals surface area (Å²) in [5.74, 6) is 1.25. The molecule has 3 aromatic rings. The molecule has 26 heavy (non-hydrogen) atoms. The van der Waals surface area contributed by atoms with Crippen LogP contribution in [0.2, 0.25) is 0 Å². The van der Waals surface area contributed by atoms with E-state index in [-0.39, 0.29) is 11.9 Å². The number of rotatable bonds is 3. The van der Waals surface area contributed by atoms with Gasteiger partial charge in [-0.1, -0.05) is 36.4 Å². The van der Waals surface area contributed by atoms with Crippen molar-refractivity contribution in [1.82, 2.24) is 20.2 Å². The van der Waals surface area contributed by atoms with Gasteiger partial charge in [-0.25, -0.2) is 9.78 Å². The van der Waals surface area contributed by atoms with E-state index in [4.69, 9.17) is 4.98 Å². The fourth-order valence-corrected chi connectivity index (χ4v) is 3.61. The largest absolute Gasteiger partial charge is 0.342 e. The van der Waals surface area contributed by atoms with Crippen LogP contribution in [0.4, 0.5) is 4.79 Å². The van der Waals surface area contributed by atoms with Crippen LogP contribution in [0.1, 0.15) is 35.7 Å². The van der Waals surface area contributed by atoms with Gasteiger partial charge in [0.2, 0.25) is 0 Å². The Bertz CT molecular complexity index is 903. The summed E-state index contributed by atoms with van der Waals surface area (Å²) in [7, 11) is 0. The van der Waals surface area contributed by atoms with Crippen LogP contribution >= 0.6 is 0 Å². The first-order valence-electron chi connectivity index (χ1n) is 9.22. The summed E-state index contributed by atoms with van der Waals surface area (Å²) < 4.78 is 0. The smallest absolute Gasteiger partial charge is 0.317 e. The maximum Gasteiger partial charge on any atom is 0.317 e. The molecule has 5 heteroatoms. The quantitative estimate of drug-likeness (QED) is 0.752. The number of fused-ring (bicyclic) bond motifs is 1. The van der Waals surface area contributed by atoms with E-state index in [0.717, 1.165) is 41.8 Å². The molecule has 5 nitrogen and oxygen atoms in total. The number of piperidine rings is 1. The molecular weight excluding hydrogens is 324 g/mol. The highest BCUT2D eigenvalue weighted by Gasteiger charge is 2.26. The predicted molar refractivity (Wildman–Crippen MR) is 103 cm³/mol. The molecule has 1 fully saturated rings. The van der Waals surface area contributed by atoms with Crippen LogP contribution in [0.5, 0.6) is 0 Å². The SMILES string of the molecule is Cc1ccc2nc([C@H]3CCCN(C(=O)NCc4ccccc4)C3)[nH]c2c1. The molecule has 134 valence electrons. The standard InChI is InChI=1S/C21H24N4O/c1-15-9-10-18-19(12-15)24-20(23-18)17-8-5-11-25(14-17)21(26)22-13-16-6-3-2-4-7-16/h2-4,6-7,9-10,12,17H,5,8,11,13-14H2,1H3,(H,22,26)(H,23,24)/t17-/m0/s1. The second kappa shape index (κ2) is 7.20. The molecule has 2 heterocycles. The number of aryl methyl sites for hydroxylation is 1. The molecular formula is C21H24N4O. The third kappa shape index (κ3) is 3.57. The first-order valence-corrected chi connectivity index (χ1v) is 9.22. The zero-order chi connectivity index (χ0) is 17.9. The minimum atomic E-state index is 0.00510. The number of likely N-dealkylation sites (tertiary alicyclic amines) is 1. The maximum atomic E-state index is 12.5. The molecule has 0 unspecified atom stereocenters. The van der Waals surface area contributed by atoms with Gasteiger partial charge < -0.3 is 15.2 Å². The third-order valence-electron chi connectivity index (χ3n) is 5.04. The van der Waals surface area contributed by atoms with Crippen LogP contribution in [0.3, 0.4) is 0 Å². The Hall–Kier alpha value is -2.82. The van der Waals surface area contributed by atoms with Gasteiger partial charge in [-0.2, -0.15) is 0 Å². The van der Waals surface area contributed by atoms with Crippen LogP contribution in [-0.4, -0.2) is 34.0 Å². The van der Waals surface area contributed by atoms with Gasteiger partial charge in [0.15, 0.2) is 0 Å². The van der Waals surface area contributed by atoms with Crippen LogP contribution in [-0.2, 0) is 6.54 Å². The highest BCUT2D eigenvalue weighted by atomic mass is 16.2. The Kier molecular flexibility index (Phi) is 4.61. The van der Waals surface area contributed by atoms with E-state index in [1.54, 1.807) is 0 Å². The molecule has 0 aliphatic carbocycles. The van der Waals surface area contributed by atoms with Crippen molar-refractivity contribution in [3.05, 3.63) is 65.5 Å².